The van der Waals surface area contributed by atoms with Crippen molar-refractivity contribution in [3.8, 4) is 11.5 Å². The summed E-state index contributed by atoms with van der Waals surface area (Å²) >= 11 is 0. The second kappa shape index (κ2) is 9.56. The highest BCUT2D eigenvalue weighted by Gasteiger charge is 2.32. The number of hydrogen-bond donors (Lipinski definition) is 0. The van der Waals surface area contributed by atoms with Gasteiger partial charge in [-0.2, -0.15) is 0 Å². The van der Waals surface area contributed by atoms with Crippen LogP contribution in [0.4, 0.5) is 5.69 Å². The second-order valence-electron chi connectivity index (χ2n) is 7.52. The number of hydrogen-bond acceptors (Lipinski definition) is 7. The van der Waals surface area contributed by atoms with Crippen molar-refractivity contribution < 1.29 is 32.2 Å². The SMILES string of the molecule is COc1ccccc1C(=O)COC(=O)c1cc(S(=O)(=O)N2CCc3ccccc32)ccc1OC. The summed E-state index contributed by atoms with van der Waals surface area (Å²) in [7, 11) is -1.13. The normalized spacial score (nSPS) is 12.7. The average Bonchev–Trinajstić information content (AvgIpc) is 3.31. The molecule has 3 aromatic rings. The molecule has 0 aliphatic carbocycles. The number of ether oxygens (including phenoxy) is 3. The molecule has 34 heavy (non-hydrogen) atoms. The maximum atomic E-state index is 13.4. The van der Waals surface area contributed by atoms with Gasteiger partial charge in [0.2, 0.25) is 5.78 Å². The molecule has 0 spiro atoms. The fourth-order valence-electron chi connectivity index (χ4n) is 3.85. The molecule has 0 atom stereocenters. The molecular formula is C25H23NO7S. The summed E-state index contributed by atoms with van der Waals surface area (Å²) < 4.78 is 43.6. The standard InChI is InChI=1S/C25H23NO7S/c1-31-23-10-6-4-8-19(23)22(27)16-33-25(28)20-15-18(11-12-24(20)32-2)34(29,30)26-14-13-17-7-3-5-9-21(17)26/h3-12,15H,13-14,16H2,1-2H3. The Labute approximate surface area is 197 Å². The number of methoxy groups -OCH3 is 2. The molecule has 0 bridgehead atoms. The van der Waals surface area contributed by atoms with E-state index in [9.17, 15) is 18.0 Å². The van der Waals surface area contributed by atoms with Crippen LogP contribution in [0.3, 0.4) is 0 Å². The Balaban J connectivity index is 1.58. The summed E-state index contributed by atoms with van der Waals surface area (Å²) in [6.07, 6.45) is 0.603. The van der Waals surface area contributed by atoms with Crippen LogP contribution in [0.5, 0.6) is 11.5 Å². The number of carbonyl (C=O) groups excluding carboxylic acids is 2. The van der Waals surface area contributed by atoms with Crippen molar-refractivity contribution in [2.75, 3.05) is 31.7 Å². The Kier molecular flexibility index (Phi) is 6.56. The van der Waals surface area contributed by atoms with E-state index in [1.165, 1.54) is 36.7 Å². The molecule has 3 aromatic carbocycles. The summed E-state index contributed by atoms with van der Waals surface area (Å²) in [6, 6.07) is 17.9. The van der Waals surface area contributed by atoms with Gasteiger partial charge in [0.1, 0.15) is 17.1 Å². The number of ketones is 1. The van der Waals surface area contributed by atoms with Gasteiger partial charge in [-0.1, -0.05) is 30.3 Å². The number of sulfonamides is 1. The van der Waals surface area contributed by atoms with Crippen molar-refractivity contribution in [2.24, 2.45) is 0 Å². The van der Waals surface area contributed by atoms with Crippen LogP contribution in [0, 0.1) is 0 Å². The number of para-hydroxylation sites is 2. The van der Waals surface area contributed by atoms with Crippen LogP contribution >= 0.6 is 0 Å². The second-order valence-corrected chi connectivity index (χ2v) is 9.38. The van der Waals surface area contributed by atoms with Gasteiger partial charge in [-0.05, 0) is 48.4 Å². The number of Topliss-reactive ketones (excluding diaryl/α,β-unsaturated/α-hetero) is 1. The van der Waals surface area contributed by atoms with Crippen molar-refractivity contribution >= 4 is 27.5 Å². The molecule has 0 saturated carbocycles. The van der Waals surface area contributed by atoms with Gasteiger partial charge in [0.15, 0.2) is 6.61 Å². The third-order valence-corrected chi connectivity index (χ3v) is 7.37. The van der Waals surface area contributed by atoms with E-state index in [0.29, 0.717) is 24.4 Å². The van der Waals surface area contributed by atoms with Crippen LogP contribution in [0.15, 0.2) is 71.6 Å². The molecule has 4 rings (SSSR count). The smallest absolute Gasteiger partial charge is 0.342 e. The summed E-state index contributed by atoms with van der Waals surface area (Å²) in [5.74, 6) is -0.836. The molecule has 0 saturated heterocycles. The fraction of sp³-hybridized carbons (Fsp3) is 0.200. The van der Waals surface area contributed by atoms with Crippen LogP contribution < -0.4 is 13.8 Å². The number of rotatable bonds is 8. The number of nitrogens with zero attached hydrogens (tertiary/aromatic N) is 1. The minimum atomic E-state index is -3.93. The molecule has 8 nitrogen and oxygen atoms in total. The number of benzene rings is 3. The number of esters is 1. The lowest BCUT2D eigenvalue weighted by molar-refractivity contribution is 0.0470. The monoisotopic (exact) mass is 481 g/mol. The van der Waals surface area contributed by atoms with Crippen LogP contribution in [-0.2, 0) is 21.2 Å². The van der Waals surface area contributed by atoms with Gasteiger partial charge >= 0.3 is 5.97 Å². The zero-order valence-electron chi connectivity index (χ0n) is 18.7. The topological polar surface area (TPSA) is 99.2 Å². The molecule has 1 aliphatic rings. The largest absolute Gasteiger partial charge is 0.496 e. The Morgan fingerprint density at radius 2 is 1.56 bits per heavy atom. The highest BCUT2D eigenvalue weighted by molar-refractivity contribution is 7.92. The van der Waals surface area contributed by atoms with Gasteiger partial charge in [0, 0.05) is 6.54 Å². The molecule has 176 valence electrons. The zero-order valence-corrected chi connectivity index (χ0v) is 19.5. The minimum Gasteiger partial charge on any atom is -0.496 e. The Morgan fingerprint density at radius 3 is 2.32 bits per heavy atom. The van der Waals surface area contributed by atoms with E-state index in [0.717, 1.165) is 5.56 Å². The highest BCUT2D eigenvalue weighted by Crippen LogP contribution is 2.34. The Hall–Kier alpha value is -3.85. The van der Waals surface area contributed by atoms with Crippen molar-refractivity contribution in [3.63, 3.8) is 0 Å². The van der Waals surface area contributed by atoms with E-state index in [4.69, 9.17) is 14.2 Å². The van der Waals surface area contributed by atoms with Gasteiger partial charge in [-0.15, -0.1) is 0 Å². The van der Waals surface area contributed by atoms with Crippen molar-refractivity contribution in [2.45, 2.75) is 11.3 Å². The molecular weight excluding hydrogens is 458 g/mol. The van der Waals surface area contributed by atoms with Crippen molar-refractivity contribution in [3.05, 3.63) is 83.4 Å². The number of anilines is 1. The maximum absolute atomic E-state index is 13.4. The minimum absolute atomic E-state index is 0.0759. The first-order valence-corrected chi connectivity index (χ1v) is 11.9. The molecule has 1 aliphatic heterocycles. The molecule has 1 heterocycles. The van der Waals surface area contributed by atoms with Crippen LogP contribution in [0.1, 0.15) is 26.3 Å². The highest BCUT2D eigenvalue weighted by atomic mass is 32.2. The first-order chi connectivity index (χ1) is 16.4. The summed E-state index contributed by atoms with van der Waals surface area (Å²) in [5, 5.41) is 0. The number of carbonyl (C=O) groups is 2. The first kappa shape index (κ1) is 23.3. The lowest BCUT2D eigenvalue weighted by Gasteiger charge is -2.20. The lowest BCUT2D eigenvalue weighted by atomic mass is 10.1. The fourth-order valence-corrected chi connectivity index (χ4v) is 5.38. The number of fused-ring (bicyclic) bond motifs is 1. The van der Waals surface area contributed by atoms with E-state index in [2.05, 4.69) is 0 Å². The van der Waals surface area contributed by atoms with E-state index >= 15 is 0 Å². The molecule has 0 fully saturated rings. The summed E-state index contributed by atoms with van der Waals surface area (Å²) in [5.41, 5.74) is 1.73. The molecule has 0 amide bonds. The average molecular weight is 482 g/mol. The quantitative estimate of drug-likeness (QED) is 0.359. The third kappa shape index (κ3) is 4.34. The molecule has 0 radical (unpaired) electrons. The van der Waals surface area contributed by atoms with Gasteiger partial charge in [-0.25, -0.2) is 13.2 Å². The van der Waals surface area contributed by atoms with Crippen LogP contribution in [0.2, 0.25) is 0 Å². The summed E-state index contributed by atoms with van der Waals surface area (Å²) in [4.78, 5) is 25.3. The van der Waals surface area contributed by atoms with E-state index in [1.54, 1.807) is 36.4 Å². The predicted molar refractivity (Wildman–Crippen MR) is 125 cm³/mol. The Bertz CT molecular complexity index is 1350. The molecule has 0 aromatic heterocycles. The van der Waals surface area contributed by atoms with Crippen LogP contribution in [-0.4, -0.2) is 47.5 Å². The van der Waals surface area contributed by atoms with Crippen molar-refractivity contribution in [1.29, 1.82) is 0 Å². The van der Waals surface area contributed by atoms with Crippen molar-refractivity contribution in [1.82, 2.24) is 0 Å². The van der Waals surface area contributed by atoms with Gasteiger partial charge in [0.05, 0.1) is 30.4 Å². The van der Waals surface area contributed by atoms with E-state index < -0.39 is 28.4 Å². The Morgan fingerprint density at radius 1 is 0.882 bits per heavy atom. The molecule has 9 heteroatoms. The maximum Gasteiger partial charge on any atom is 0.342 e. The van der Waals surface area contributed by atoms with E-state index in [1.807, 2.05) is 12.1 Å². The lowest BCUT2D eigenvalue weighted by Crippen LogP contribution is -2.29. The van der Waals surface area contributed by atoms with Gasteiger partial charge < -0.3 is 14.2 Å². The van der Waals surface area contributed by atoms with Gasteiger partial charge in [0.25, 0.3) is 10.0 Å². The first-order valence-electron chi connectivity index (χ1n) is 10.5. The third-order valence-electron chi connectivity index (χ3n) is 5.57. The zero-order chi connectivity index (χ0) is 24.3. The van der Waals surface area contributed by atoms with Crippen LogP contribution in [0.25, 0.3) is 0 Å². The molecule has 0 unspecified atom stereocenters. The predicted octanol–water partition coefficient (Wildman–Crippen LogP) is 3.49. The van der Waals surface area contributed by atoms with Gasteiger partial charge in [-0.3, -0.25) is 9.10 Å². The van der Waals surface area contributed by atoms with E-state index in [-0.39, 0.29) is 21.8 Å². The molecule has 0 N–H and O–H groups in total. The summed E-state index contributed by atoms with van der Waals surface area (Å²) in [6.45, 7) is -0.236.